The first-order chi connectivity index (χ1) is 9.75. The average Bonchev–Trinajstić information content (AvgIpc) is 2.80. The highest BCUT2D eigenvalue weighted by Gasteiger charge is 2.07. The molecule has 0 N–H and O–H groups in total. The van der Waals surface area contributed by atoms with Gasteiger partial charge in [-0.15, -0.1) is 0 Å². The molecular weight excluding hydrogens is 244 g/mol. The highest BCUT2D eigenvalue weighted by molar-refractivity contribution is 5.75. The summed E-state index contributed by atoms with van der Waals surface area (Å²) in [6.45, 7) is 9.11. The van der Waals surface area contributed by atoms with Crippen LogP contribution in [0.1, 0.15) is 30.8 Å². The van der Waals surface area contributed by atoms with Crippen molar-refractivity contribution in [2.75, 3.05) is 0 Å². The van der Waals surface area contributed by atoms with Crippen LogP contribution in [0.5, 0.6) is 0 Å². The lowest BCUT2D eigenvalue weighted by molar-refractivity contribution is 0.781. The van der Waals surface area contributed by atoms with Crippen molar-refractivity contribution in [3.8, 4) is 0 Å². The summed E-state index contributed by atoms with van der Waals surface area (Å²) in [5, 5.41) is 0. The molecule has 0 fully saturated rings. The van der Waals surface area contributed by atoms with Crippen LogP contribution in [-0.2, 0) is 6.54 Å². The van der Waals surface area contributed by atoms with Crippen LogP contribution in [0, 0.1) is 13.8 Å². The molecule has 0 aliphatic heterocycles. The van der Waals surface area contributed by atoms with Gasteiger partial charge in [0.2, 0.25) is 0 Å². The standard InChI is InChI=1S/C16H16N2.C2H6/c1-12-7-3-4-8-14(12)11-18-13(2)17-15-9-5-6-10-16(15)18;1-2/h3-10H,11H2,1-2H3;1-2H3. The van der Waals surface area contributed by atoms with Crippen LogP contribution in [0.2, 0.25) is 0 Å². The molecule has 0 atom stereocenters. The molecule has 2 nitrogen and oxygen atoms in total. The van der Waals surface area contributed by atoms with Gasteiger partial charge < -0.3 is 4.57 Å². The topological polar surface area (TPSA) is 17.8 Å². The van der Waals surface area contributed by atoms with E-state index in [0.29, 0.717) is 0 Å². The minimum atomic E-state index is 0.888. The Morgan fingerprint density at radius 3 is 2.30 bits per heavy atom. The third kappa shape index (κ3) is 2.74. The number of fused-ring (bicyclic) bond motifs is 1. The van der Waals surface area contributed by atoms with Gasteiger partial charge in [0.25, 0.3) is 0 Å². The van der Waals surface area contributed by atoms with E-state index in [9.17, 15) is 0 Å². The molecule has 0 aliphatic carbocycles. The third-order valence-electron chi connectivity index (χ3n) is 3.44. The summed E-state index contributed by atoms with van der Waals surface area (Å²) in [7, 11) is 0. The van der Waals surface area contributed by atoms with Gasteiger partial charge in [-0.2, -0.15) is 0 Å². The predicted octanol–water partition coefficient (Wildman–Crippen LogP) is 4.73. The van der Waals surface area contributed by atoms with E-state index < -0.39 is 0 Å². The lowest BCUT2D eigenvalue weighted by Gasteiger charge is -2.09. The van der Waals surface area contributed by atoms with Crippen molar-refractivity contribution in [2.45, 2.75) is 34.2 Å². The van der Waals surface area contributed by atoms with Gasteiger partial charge in [-0.3, -0.25) is 0 Å². The Labute approximate surface area is 121 Å². The van der Waals surface area contributed by atoms with Crippen LogP contribution < -0.4 is 0 Å². The normalized spacial score (nSPS) is 10.2. The Bertz CT molecular complexity index is 695. The second-order valence-corrected chi connectivity index (χ2v) is 4.66. The summed E-state index contributed by atoms with van der Waals surface area (Å²) < 4.78 is 2.28. The van der Waals surface area contributed by atoms with Gasteiger partial charge in [0, 0.05) is 6.54 Å². The quantitative estimate of drug-likeness (QED) is 0.656. The number of para-hydroxylation sites is 2. The molecule has 0 aliphatic rings. The SMILES string of the molecule is CC.Cc1ccccc1Cn1c(C)nc2ccccc21. The molecule has 1 heterocycles. The maximum atomic E-state index is 4.60. The molecule has 2 aromatic carbocycles. The molecule has 2 heteroatoms. The second-order valence-electron chi connectivity index (χ2n) is 4.66. The fraction of sp³-hybridized carbons (Fsp3) is 0.278. The van der Waals surface area contributed by atoms with Crippen molar-refractivity contribution in [3.05, 3.63) is 65.5 Å². The molecular formula is C18H22N2. The summed E-state index contributed by atoms with van der Waals surface area (Å²) >= 11 is 0. The zero-order valence-electron chi connectivity index (χ0n) is 12.7. The van der Waals surface area contributed by atoms with Crippen LogP contribution in [0.3, 0.4) is 0 Å². The molecule has 3 aromatic rings. The van der Waals surface area contributed by atoms with E-state index in [1.54, 1.807) is 0 Å². The molecule has 104 valence electrons. The third-order valence-corrected chi connectivity index (χ3v) is 3.44. The molecule has 3 rings (SSSR count). The fourth-order valence-corrected chi connectivity index (χ4v) is 2.35. The molecule has 0 bridgehead atoms. The van der Waals surface area contributed by atoms with Gasteiger partial charge in [0.05, 0.1) is 11.0 Å². The molecule has 20 heavy (non-hydrogen) atoms. The fourth-order valence-electron chi connectivity index (χ4n) is 2.35. The monoisotopic (exact) mass is 266 g/mol. The van der Waals surface area contributed by atoms with E-state index in [-0.39, 0.29) is 0 Å². The van der Waals surface area contributed by atoms with E-state index in [4.69, 9.17) is 0 Å². The number of benzene rings is 2. The number of aryl methyl sites for hydroxylation is 2. The molecule has 0 amide bonds. The Morgan fingerprint density at radius 2 is 1.55 bits per heavy atom. The minimum Gasteiger partial charge on any atom is -0.324 e. The maximum Gasteiger partial charge on any atom is 0.107 e. The molecule has 0 unspecified atom stereocenters. The summed E-state index contributed by atoms with van der Waals surface area (Å²) in [5.41, 5.74) is 4.96. The number of rotatable bonds is 2. The first-order valence-electron chi connectivity index (χ1n) is 7.22. The Kier molecular flexibility index (Phi) is 4.57. The second kappa shape index (κ2) is 6.38. The lowest BCUT2D eigenvalue weighted by Crippen LogP contribution is -2.03. The van der Waals surface area contributed by atoms with E-state index in [1.165, 1.54) is 16.6 Å². The van der Waals surface area contributed by atoms with Crippen LogP contribution in [0.4, 0.5) is 0 Å². The molecule has 0 radical (unpaired) electrons. The largest absolute Gasteiger partial charge is 0.324 e. The van der Waals surface area contributed by atoms with Gasteiger partial charge in [-0.1, -0.05) is 50.2 Å². The van der Waals surface area contributed by atoms with Gasteiger partial charge in [0.15, 0.2) is 0 Å². The summed E-state index contributed by atoms with van der Waals surface area (Å²) in [4.78, 5) is 4.60. The van der Waals surface area contributed by atoms with Crippen molar-refractivity contribution < 1.29 is 0 Å². The minimum absolute atomic E-state index is 0.888. The molecule has 1 aromatic heterocycles. The maximum absolute atomic E-state index is 4.60. The van der Waals surface area contributed by atoms with Gasteiger partial charge in [0.1, 0.15) is 5.82 Å². The summed E-state index contributed by atoms with van der Waals surface area (Å²) in [6.07, 6.45) is 0. The van der Waals surface area contributed by atoms with Crippen molar-refractivity contribution in [1.29, 1.82) is 0 Å². The van der Waals surface area contributed by atoms with E-state index in [1.807, 2.05) is 19.9 Å². The molecule has 0 spiro atoms. The highest BCUT2D eigenvalue weighted by Crippen LogP contribution is 2.18. The number of nitrogens with zero attached hydrogens (tertiary/aromatic N) is 2. The van der Waals surface area contributed by atoms with Gasteiger partial charge >= 0.3 is 0 Å². The smallest absolute Gasteiger partial charge is 0.107 e. The van der Waals surface area contributed by atoms with Gasteiger partial charge in [-0.05, 0) is 37.1 Å². The van der Waals surface area contributed by atoms with E-state index in [0.717, 1.165) is 17.9 Å². The zero-order valence-corrected chi connectivity index (χ0v) is 12.7. The number of imidazole rings is 1. The lowest BCUT2D eigenvalue weighted by atomic mass is 10.1. The number of hydrogen-bond acceptors (Lipinski definition) is 1. The van der Waals surface area contributed by atoms with Crippen molar-refractivity contribution >= 4 is 11.0 Å². The highest BCUT2D eigenvalue weighted by atomic mass is 15.1. The van der Waals surface area contributed by atoms with E-state index >= 15 is 0 Å². The van der Waals surface area contributed by atoms with Crippen molar-refractivity contribution in [2.24, 2.45) is 0 Å². The molecule has 0 saturated heterocycles. The number of aromatic nitrogens is 2. The zero-order chi connectivity index (χ0) is 14.5. The van der Waals surface area contributed by atoms with Crippen LogP contribution in [0.15, 0.2) is 48.5 Å². The first kappa shape index (κ1) is 14.3. The van der Waals surface area contributed by atoms with E-state index in [2.05, 4.69) is 65.9 Å². The average molecular weight is 266 g/mol. The van der Waals surface area contributed by atoms with Crippen molar-refractivity contribution in [3.63, 3.8) is 0 Å². The van der Waals surface area contributed by atoms with Gasteiger partial charge in [-0.25, -0.2) is 4.98 Å². The molecule has 0 saturated carbocycles. The van der Waals surface area contributed by atoms with Crippen LogP contribution in [0.25, 0.3) is 11.0 Å². The van der Waals surface area contributed by atoms with Crippen molar-refractivity contribution in [1.82, 2.24) is 9.55 Å². The Balaban J connectivity index is 0.000000704. The Morgan fingerprint density at radius 1 is 0.900 bits per heavy atom. The first-order valence-corrected chi connectivity index (χ1v) is 7.22. The van der Waals surface area contributed by atoms with Crippen LogP contribution >= 0.6 is 0 Å². The predicted molar refractivity (Wildman–Crippen MR) is 86.1 cm³/mol. The summed E-state index contributed by atoms with van der Waals surface area (Å²) in [5.74, 6) is 1.07. The summed E-state index contributed by atoms with van der Waals surface area (Å²) in [6, 6.07) is 16.8. The number of hydrogen-bond donors (Lipinski definition) is 0. The van der Waals surface area contributed by atoms with Crippen LogP contribution in [-0.4, -0.2) is 9.55 Å². The Hall–Kier alpha value is -2.09.